The number of benzene rings is 1. The number of carbonyl (C=O) groups excluding carboxylic acids is 3. The van der Waals surface area contributed by atoms with E-state index in [-0.39, 0.29) is 12.2 Å². The molecule has 1 N–H and O–H groups in total. The number of amides is 1. The molecule has 0 saturated carbocycles. The molecule has 0 fully saturated rings. The van der Waals surface area contributed by atoms with E-state index < -0.39 is 24.5 Å². The molecule has 0 atom stereocenters. The third-order valence-electron chi connectivity index (χ3n) is 4.40. The number of anilines is 1. The smallest absolute Gasteiger partial charge is 0.349 e. The second-order valence-electron chi connectivity index (χ2n) is 6.48. The van der Waals surface area contributed by atoms with Gasteiger partial charge in [-0.25, -0.2) is 9.59 Å². The molecule has 1 amide bonds. The number of carbonyl (C=O) groups is 3. The van der Waals surface area contributed by atoms with Crippen LogP contribution in [0.1, 0.15) is 40.2 Å². The van der Waals surface area contributed by atoms with Crippen molar-refractivity contribution in [3.63, 3.8) is 0 Å². The van der Waals surface area contributed by atoms with E-state index in [0.717, 1.165) is 10.4 Å². The Kier molecular flexibility index (Phi) is 8.98. The maximum atomic E-state index is 12.3. The summed E-state index contributed by atoms with van der Waals surface area (Å²) in [6.45, 7) is 5.06. The molecule has 0 aliphatic rings. The lowest BCUT2D eigenvalue weighted by Crippen LogP contribution is -2.22. The maximum Gasteiger partial charge on any atom is 0.349 e. The molecule has 32 heavy (non-hydrogen) atoms. The van der Waals surface area contributed by atoms with Crippen LogP contribution >= 0.6 is 11.3 Å². The van der Waals surface area contributed by atoms with Crippen LogP contribution in [0, 0.1) is 18.3 Å². The Morgan fingerprint density at radius 2 is 1.84 bits per heavy atom. The maximum absolute atomic E-state index is 12.3. The lowest BCUT2D eigenvalue weighted by molar-refractivity contribution is -0.142. The van der Waals surface area contributed by atoms with Gasteiger partial charge in [0.1, 0.15) is 22.4 Å². The number of esters is 2. The number of hydrogen-bond donors (Lipinski definition) is 1. The Labute approximate surface area is 190 Å². The van der Waals surface area contributed by atoms with Gasteiger partial charge in [-0.1, -0.05) is 19.1 Å². The zero-order chi connectivity index (χ0) is 23.7. The third-order valence-corrected chi connectivity index (χ3v) is 5.46. The highest BCUT2D eigenvalue weighted by Crippen LogP contribution is 2.34. The first-order valence-corrected chi connectivity index (χ1v) is 10.7. The number of ether oxygens (including phenoxy) is 3. The summed E-state index contributed by atoms with van der Waals surface area (Å²) in [5.41, 5.74) is 1.46. The van der Waals surface area contributed by atoms with E-state index in [1.807, 2.05) is 13.8 Å². The van der Waals surface area contributed by atoms with Crippen LogP contribution in [-0.4, -0.2) is 38.2 Å². The second kappa shape index (κ2) is 11.7. The number of nitriles is 1. The van der Waals surface area contributed by atoms with Gasteiger partial charge in [0, 0.05) is 4.88 Å². The number of nitrogens with one attached hydrogen (secondary N) is 1. The molecule has 9 heteroatoms. The minimum absolute atomic E-state index is 0.208. The van der Waals surface area contributed by atoms with E-state index in [1.54, 1.807) is 37.3 Å². The highest BCUT2D eigenvalue weighted by atomic mass is 32.1. The van der Waals surface area contributed by atoms with Crippen LogP contribution in [0.3, 0.4) is 0 Å². The molecule has 0 spiro atoms. The topological polar surface area (TPSA) is 115 Å². The van der Waals surface area contributed by atoms with Crippen LogP contribution in [0.5, 0.6) is 5.75 Å². The molecule has 1 heterocycles. The van der Waals surface area contributed by atoms with Gasteiger partial charge < -0.3 is 19.5 Å². The van der Waals surface area contributed by atoms with Gasteiger partial charge in [0.2, 0.25) is 0 Å². The summed E-state index contributed by atoms with van der Waals surface area (Å²) in [5.74, 6) is -1.44. The van der Waals surface area contributed by atoms with Crippen LogP contribution in [-0.2, 0) is 25.5 Å². The van der Waals surface area contributed by atoms with Gasteiger partial charge in [-0.05, 0) is 49.6 Å². The van der Waals surface area contributed by atoms with Gasteiger partial charge in [-0.2, -0.15) is 5.26 Å². The zero-order valence-electron chi connectivity index (χ0n) is 18.3. The molecular formula is C23H24N2O6S. The molecule has 1 aromatic carbocycles. The van der Waals surface area contributed by atoms with E-state index in [1.165, 1.54) is 24.5 Å². The van der Waals surface area contributed by atoms with E-state index in [4.69, 9.17) is 14.2 Å². The van der Waals surface area contributed by atoms with Crippen molar-refractivity contribution in [2.75, 3.05) is 25.6 Å². The number of hydrogen-bond acceptors (Lipinski definition) is 8. The highest BCUT2D eigenvalue weighted by molar-refractivity contribution is 7.16. The number of nitrogens with zero attached hydrogens (tertiary/aromatic N) is 1. The van der Waals surface area contributed by atoms with Crippen LogP contribution in [0.4, 0.5) is 5.00 Å². The number of aryl methyl sites for hydroxylation is 1. The molecule has 0 saturated heterocycles. The van der Waals surface area contributed by atoms with Gasteiger partial charge in [-0.3, -0.25) is 4.79 Å². The Morgan fingerprint density at radius 3 is 2.41 bits per heavy atom. The van der Waals surface area contributed by atoms with Crippen LogP contribution in [0.25, 0.3) is 6.08 Å². The second-order valence-corrected chi connectivity index (χ2v) is 7.71. The fourth-order valence-electron chi connectivity index (χ4n) is 2.89. The van der Waals surface area contributed by atoms with Gasteiger partial charge in [0.15, 0.2) is 6.61 Å². The van der Waals surface area contributed by atoms with Crippen molar-refractivity contribution in [2.45, 2.75) is 27.2 Å². The van der Waals surface area contributed by atoms with E-state index in [2.05, 4.69) is 5.32 Å². The molecule has 8 nitrogen and oxygen atoms in total. The fraction of sp³-hybridized carbons (Fsp3) is 0.304. The predicted molar refractivity (Wildman–Crippen MR) is 121 cm³/mol. The lowest BCUT2D eigenvalue weighted by atomic mass is 10.1. The quantitative estimate of drug-likeness (QED) is 0.346. The Hall–Kier alpha value is -3.64. The van der Waals surface area contributed by atoms with Crippen molar-refractivity contribution in [1.29, 1.82) is 5.26 Å². The summed E-state index contributed by atoms with van der Waals surface area (Å²) in [5, 5.41) is 12.2. The number of rotatable bonds is 9. The van der Waals surface area contributed by atoms with Crippen molar-refractivity contribution in [2.24, 2.45) is 0 Å². The normalized spacial score (nSPS) is 10.8. The largest absolute Gasteiger partial charge is 0.497 e. The Bertz CT molecular complexity index is 1060. The van der Waals surface area contributed by atoms with Crippen molar-refractivity contribution >= 4 is 40.3 Å². The Morgan fingerprint density at radius 1 is 1.16 bits per heavy atom. The van der Waals surface area contributed by atoms with E-state index in [0.29, 0.717) is 28.3 Å². The minimum Gasteiger partial charge on any atom is -0.497 e. The Balaban J connectivity index is 2.07. The average molecular weight is 457 g/mol. The molecule has 0 bridgehead atoms. The van der Waals surface area contributed by atoms with Crippen LogP contribution in [0.2, 0.25) is 0 Å². The van der Waals surface area contributed by atoms with Crippen LogP contribution < -0.4 is 10.1 Å². The molecule has 0 aliphatic heterocycles. The molecule has 0 aliphatic carbocycles. The summed E-state index contributed by atoms with van der Waals surface area (Å²) in [4.78, 5) is 37.8. The molecule has 1 aromatic heterocycles. The fourth-order valence-corrected chi connectivity index (χ4v) is 4.04. The summed E-state index contributed by atoms with van der Waals surface area (Å²) >= 11 is 1.25. The van der Waals surface area contributed by atoms with E-state index >= 15 is 0 Å². The molecule has 0 radical (unpaired) electrons. The monoisotopic (exact) mass is 456 g/mol. The zero-order valence-corrected chi connectivity index (χ0v) is 19.1. The molecule has 168 valence electrons. The van der Waals surface area contributed by atoms with Crippen molar-refractivity contribution < 1.29 is 28.6 Å². The molecule has 0 unspecified atom stereocenters. The summed E-state index contributed by atoms with van der Waals surface area (Å²) in [6, 6.07) is 8.51. The summed E-state index contributed by atoms with van der Waals surface area (Å²) < 4.78 is 15.1. The van der Waals surface area contributed by atoms with E-state index in [9.17, 15) is 19.6 Å². The first-order valence-electron chi connectivity index (χ1n) is 9.86. The van der Waals surface area contributed by atoms with Gasteiger partial charge in [0.05, 0.1) is 19.3 Å². The molecular weight excluding hydrogens is 432 g/mol. The SMILES string of the molecule is CCOC(=O)c1c(NC(=O)COC(=O)/C(C#N)=C/c2ccc(OC)cc2)sc(C)c1CC. The lowest BCUT2D eigenvalue weighted by Gasteiger charge is -2.08. The molecule has 2 rings (SSSR count). The van der Waals surface area contributed by atoms with Crippen LogP contribution in [0.15, 0.2) is 29.8 Å². The van der Waals surface area contributed by atoms with Gasteiger partial charge in [0.25, 0.3) is 5.91 Å². The average Bonchev–Trinajstić information content (AvgIpc) is 3.10. The van der Waals surface area contributed by atoms with Crippen molar-refractivity contribution in [1.82, 2.24) is 0 Å². The minimum atomic E-state index is -0.930. The predicted octanol–water partition coefficient (Wildman–Crippen LogP) is 3.89. The third kappa shape index (κ3) is 6.18. The van der Waals surface area contributed by atoms with Gasteiger partial charge >= 0.3 is 11.9 Å². The standard InChI is InChI=1S/C23H24N2O6S/c1-5-18-14(3)32-21(20(18)23(28)30-6-2)25-19(26)13-31-22(27)16(12-24)11-15-7-9-17(29-4)10-8-15/h7-11H,5-6,13H2,1-4H3,(H,25,26)/b16-11+. The first-order chi connectivity index (χ1) is 15.3. The summed E-state index contributed by atoms with van der Waals surface area (Å²) in [7, 11) is 1.53. The first kappa shape index (κ1) is 24.6. The van der Waals surface area contributed by atoms with Gasteiger partial charge in [-0.15, -0.1) is 11.3 Å². The number of methoxy groups -OCH3 is 1. The van der Waals surface area contributed by atoms with Crippen molar-refractivity contribution in [3.8, 4) is 11.8 Å². The number of thiophene rings is 1. The summed E-state index contributed by atoms with van der Waals surface area (Å²) in [6.07, 6.45) is 1.96. The highest BCUT2D eigenvalue weighted by Gasteiger charge is 2.24. The van der Waals surface area contributed by atoms with Crippen molar-refractivity contribution in [3.05, 3.63) is 51.4 Å². The molecule has 2 aromatic rings.